The normalized spacial score (nSPS) is 13.5. The van der Waals surface area contributed by atoms with E-state index in [-0.39, 0.29) is 5.91 Å². The van der Waals surface area contributed by atoms with E-state index in [0.717, 1.165) is 41.4 Å². The van der Waals surface area contributed by atoms with Gasteiger partial charge in [0.2, 0.25) is 0 Å². The Balaban J connectivity index is 1.30. The molecule has 2 heterocycles. The number of ether oxygens (including phenoxy) is 1. The maximum atomic E-state index is 12.3. The fraction of sp³-hybridized carbons (Fsp3) is 0.333. The fourth-order valence-corrected chi connectivity index (χ4v) is 3.12. The third kappa shape index (κ3) is 4.22. The number of nitrogens with one attached hydrogen (secondary N) is 3. The first-order valence-electron chi connectivity index (χ1n) is 9.35. The molecular weight excluding hydrogens is 340 g/mol. The van der Waals surface area contributed by atoms with Crippen molar-refractivity contribution < 1.29 is 9.53 Å². The molecule has 1 aliphatic rings. The molecule has 6 heteroatoms. The molecule has 0 unspecified atom stereocenters. The molecule has 0 radical (unpaired) electrons. The van der Waals surface area contributed by atoms with Crippen molar-refractivity contribution in [2.24, 2.45) is 5.92 Å². The lowest BCUT2D eigenvalue weighted by molar-refractivity contribution is 0.0954. The molecule has 3 aromatic rings. The number of aromatic amines is 1. The van der Waals surface area contributed by atoms with Gasteiger partial charge in [-0.15, -0.1) is 0 Å². The van der Waals surface area contributed by atoms with Crippen LogP contribution in [0.2, 0.25) is 0 Å². The van der Waals surface area contributed by atoms with Gasteiger partial charge < -0.3 is 20.4 Å². The summed E-state index contributed by atoms with van der Waals surface area (Å²) < 4.78 is 5.24. The second-order valence-electron chi connectivity index (χ2n) is 6.99. The zero-order valence-electron chi connectivity index (χ0n) is 15.4. The van der Waals surface area contributed by atoms with Crippen LogP contribution in [0.5, 0.6) is 5.75 Å². The van der Waals surface area contributed by atoms with Gasteiger partial charge >= 0.3 is 0 Å². The van der Waals surface area contributed by atoms with E-state index in [1.54, 1.807) is 13.3 Å². The van der Waals surface area contributed by atoms with E-state index in [0.29, 0.717) is 12.1 Å². The molecule has 1 aromatic carbocycles. The van der Waals surface area contributed by atoms with E-state index in [9.17, 15) is 4.79 Å². The molecule has 1 fully saturated rings. The molecule has 140 valence electrons. The number of hydrogen-bond acceptors (Lipinski definition) is 4. The molecule has 2 aromatic heterocycles. The Morgan fingerprint density at radius 2 is 2.19 bits per heavy atom. The third-order valence-electron chi connectivity index (χ3n) is 4.95. The average molecular weight is 364 g/mol. The summed E-state index contributed by atoms with van der Waals surface area (Å²) in [6, 6.07) is 9.64. The number of aromatic nitrogens is 2. The minimum Gasteiger partial charge on any atom is -0.497 e. The summed E-state index contributed by atoms with van der Waals surface area (Å²) in [5.41, 5.74) is 2.79. The van der Waals surface area contributed by atoms with Crippen LogP contribution in [-0.4, -0.2) is 36.1 Å². The zero-order valence-corrected chi connectivity index (χ0v) is 15.4. The fourth-order valence-electron chi connectivity index (χ4n) is 3.12. The van der Waals surface area contributed by atoms with Crippen molar-refractivity contribution >= 4 is 22.6 Å². The van der Waals surface area contributed by atoms with Gasteiger partial charge in [0.05, 0.1) is 12.7 Å². The Labute approximate surface area is 158 Å². The molecule has 1 aliphatic carbocycles. The number of hydrogen-bond donors (Lipinski definition) is 3. The molecule has 3 N–H and O–H groups in total. The molecule has 0 bridgehead atoms. The van der Waals surface area contributed by atoms with E-state index in [4.69, 9.17) is 4.74 Å². The van der Waals surface area contributed by atoms with Crippen LogP contribution in [-0.2, 0) is 6.42 Å². The summed E-state index contributed by atoms with van der Waals surface area (Å²) in [5, 5.41) is 7.42. The Bertz CT molecular complexity index is 929. The Morgan fingerprint density at radius 3 is 2.93 bits per heavy atom. The number of carbonyl (C=O) groups is 1. The number of benzene rings is 1. The van der Waals surface area contributed by atoms with Gasteiger partial charge in [0.25, 0.3) is 5.91 Å². The molecule has 1 amide bonds. The number of anilines is 1. The number of amides is 1. The van der Waals surface area contributed by atoms with Crippen molar-refractivity contribution in [3.8, 4) is 5.75 Å². The van der Waals surface area contributed by atoms with Crippen LogP contribution in [0.25, 0.3) is 10.9 Å². The zero-order chi connectivity index (χ0) is 18.6. The Morgan fingerprint density at radius 1 is 1.30 bits per heavy atom. The second kappa shape index (κ2) is 7.70. The van der Waals surface area contributed by atoms with Gasteiger partial charge in [0.15, 0.2) is 0 Å². The quantitative estimate of drug-likeness (QED) is 0.573. The molecule has 0 saturated heterocycles. The van der Waals surface area contributed by atoms with Crippen LogP contribution in [0.1, 0.15) is 28.8 Å². The van der Waals surface area contributed by atoms with E-state index in [1.807, 2.05) is 36.5 Å². The molecule has 6 nitrogen and oxygen atoms in total. The summed E-state index contributed by atoms with van der Waals surface area (Å²) >= 11 is 0. The summed E-state index contributed by atoms with van der Waals surface area (Å²) in [5.74, 6) is 2.34. The minimum absolute atomic E-state index is 0.0993. The van der Waals surface area contributed by atoms with Gasteiger partial charge in [-0.3, -0.25) is 4.79 Å². The first kappa shape index (κ1) is 17.4. The van der Waals surface area contributed by atoms with Gasteiger partial charge in [-0.05, 0) is 55.0 Å². The van der Waals surface area contributed by atoms with Gasteiger partial charge in [-0.25, -0.2) is 4.98 Å². The predicted molar refractivity (Wildman–Crippen MR) is 106 cm³/mol. The van der Waals surface area contributed by atoms with Crippen LogP contribution in [0.15, 0.2) is 42.7 Å². The molecule has 1 saturated carbocycles. The van der Waals surface area contributed by atoms with Crippen molar-refractivity contribution in [1.29, 1.82) is 0 Å². The standard InChI is InChI=1S/C21H24N4O2/c1-27-17-5-6-18-15(12-23-19(18)10-17)8-9-22-21(26)16-4-7-20(25-13-16)24-11-14-2-3-14/h4-7,10,12-14,23H,2-3,8-9,11H2,1H3,(H,22,26)(H,24,25). The first-order chi connectivity index (χ1) is 13.2. The average Bonchev–Trinajstić information content (AvgIpc) is 3.46. The highest BCUT2D eigenvalue weighted by Crippen LogP contribution is 2.28. The number of H-pyrrole nitrogens is 1. The number of rotatable bonds is 8. The summed E-state index contributed by atoms with van der Waals surface area (Å²) in [4.78, 5) is 19.9. The van der Waals surface area contributed by atoms with E-state index in [1.165, 1.54) is 18.4 Å². The summed E-state index contributed by atoms with van der Waals surface area (Å²) in [7, 11) is 1.66. The van der Waals surface area contributed by atoms with Gasteiger partial charge in [0, 0.05) is 42.5 Å². The van der Waals surface area contributed by atoms with Crippen molar-refractivity contribution in [2.45, 2.75) is 19.3 Å². The maximum absolute atomic E-state index is 12.3. The predicted octanol–water partition coefficient (Wildman–Crippen LogP) is 3.37. The SMILES string of the molecule is COc1ccc2c(CCNC(=O)c3ccc(NCC4CC4)nc3)c[nH]c2c1. The molecular formula is C21H24N4O2. The van der Waals surface area contributed by atoms with E-state index in [2.05, 4.69) is 20.6 Å². The largest absolute Gasteiger partial charge is 0.497 e. The number of methoxy groups -OCH3 is 1. The highest BCUT2D eigenvalue weighted by atomic mass is 16.5. The van der Waals surface area contributed by atoms with Crippen molar-refractivity contribution in [2.75, 3.05) is 25.5 Å². The number of carbonyl (C=O) groups excluding carboxylic acids is 1. The smallest absolute Gasteiger partial charge is 0.252 e. The maximum Gasteiger partial charge on any atom is 0.252 e. The molecule has 0 atom stereocenters. The number of fused-ring (bicyclic) bond motifs is 1. The second-order valence-corrected chi connectivity index (χ2v) is 6.99. The van der Waals surface area contributed by atoms with Crippen LogP contribution < -0.4 is 15.4 Å². The molecule has 0 aliphatic heterocycles. The van der Waals surface area contributed by atoms with Crippen LogP contribution in [0, 0.1) is 5.92 Å². The van der Waals surface area contributed by atoms with Crippen molar-refractivity contribution in [3.63, 3.8) is 0 Å². The number of nitrogens with zero attached hydrogens (tertiary/aromatic N) is 1. The summed E-state index contributed by atoms with van der Waals surface area (Å²) in [6.07, 6.45) is 6.97. The van der Waals surface area contributed by atoms with Crippen molar-refractivity contribution in [3.05, 3.63) is 53.9 Å². The highest BCUT2D eigenvalue weighted by molar-refractivity contribution is 5.94. The topological polar surface area (TPSA) is 79.0 Å². The van der Waals surface area contributed by atoms with Crippen molar-refractivity contribution in [1.82, 2.24) is 15.3 Å². The molecule has 4 rings (SSSR count). The van der Waals surface area contributed by atoms with E-state index < -0.39 is 0 Å². The summed E-state index contributed by atoms with van der Waals surface area (Å²) in [6.45, 7) is 1.54. The van der Waals surface area contributed by atoms with Crippen LogP contribution in [0.3, 0.4) is 0 Å². The van der Waals surface area contributed by atoms with Crippen LogP contribution >= 0.6 is 0 Å². The Kier molecular flexibility index (Phi) is 4.96. The van der Waals surface area contributed by atoms with E-state index >= 15 is 0 Å². The van der Waals surface area contributed by atoms with Crippen LogP contribution in [0.4, 0.5) is 5.82 Å². The monoisotopic (exact) mass is 364 g/mol. The van der Waals surface area contributed by atoms with Gasteiger partial charge in [-0.2, -0.15) is 0 Å². The lowest BCUT2D eigenvalue weighted by Crippen LogP contribution is -2.25. The first-order valence-corrected chi connectivity index (χ1v) is 9.35. The van der Waals surface area contributed by atoms with Gasteiger partial charge in [0.1, 0.15) is 11.6 Å². The third-order valence-corrected chi connectivity index (χ3v) is 4.95. The molecule has 27 heavy (non-hydrogen) atoms. The minimum atomic E-state index is -0.0993. The Hall–Kier alpha value is -3.02. The lowest BCUT2D eigenvalue weighted by Gasteiger charge is -2.07. The van der Waals surface area contributed by atoms with Gasteiger partial charge in [-0.1, -0.05) is 0 Å². The highest BCUT2D eigenvalue weighted by Gasteiger charge is 2.20. The molecule has 0 spiro atoms. The lowest BCUT2D eigenvalue weighted by atomic mass is 10.1. The number of pyridine rings is 1.